The van der Waals surface area contributed by atoms with Gasteiger partial charge in [0.05, 0.1) is 43.7 Å². The molecule has 1 N–H and O–H groups in total. The second-order valence-electron chi connectivity index (χ2n) is 5.00. The average Bonchev–Trinajstić information content (AvgIpc) is 2.54. The van der Waals surface area contributed by atoms with Crippen LogP contribution in [0.25, 0.3) is 0 Å². The number of carbonyl (C=O) groups excluding carboxylic acids is 2. The van der Waals surface area contributed by atoms with E-state index in [1.807, 2.05) is 0 Å². The van der Waals surface area contributed by atoms with Gasteiger partial charge in [-0.3, -0.25) is 14.6 Å². The van der Waals surface area contributed by atoms with E-state index in [1.165, 1.54) is 6.92 Å². The van der Waals surface area contributed by atoms with Crippen LogP contribution in [0.1, 0.15) is 23.0 Å². The molecule has 1 fully saturated rings. The Balaban J connectivity index is 2.13. The van der Waals surface area contributed by atoms with E-state index in [2.05, 4.69) is 4.98 Å². The molecule has 1 aromatic rings. The summed E-state index contributed by atoms with van der Waals surface area (Å²) < 4.78 is 10.2. The Kier molecular flexibility index (Phi) is 5.85. The molecule has 0 radical (unpaired) electrons. The van der Waals surface area contributed by atoms with Crippen molar-refractivity contribution < 1.29 is 24.2 Å². The quantitative estimate of drug-likeness (QED) is 0.772. The number of pyridine rings is 1. The largest absolute Gasteiger partial charge is 0.465 e. The van der Waals surface area contributed by atoms with Gasteiger partial charge in [0.1, 0.15) is 0 Å². The Morgan fingerprint density at radius 1 is 1.55 bits per heavy atom. The number of aliphatic hydroxyl groups is 1. The zero-order chi connectivity index (χ0) is 15.9. The Bertz CT molecular complexity index is 534. The van der Waals surface area contributed by atoms with Gasteiger partial charge in [0.15, 0.2) is 0 Å². The zero-order valence-electron chi connectivity index (χ0n) is 12.5. The fourth-order valence-corrected chi connectivity index (χ4v) is 2.35. The normalized spacial score (nSPS) is 18.1. The number of nitrogens with zero attached hydrogens (tertiary/aromatic N) is 2. The fourth-order valence-electron chi connectivity index (χ4n) is 2.35. The number of morpholine rings is 1. The molecule has 0 bridgehead atoms. The van der Waals surface area contributed by atoms with Crippen LogP contribution in [0.5, 0.6) is 0 Å². The highest BCUT2D eigenvalue weighted by atomic mass is 16.5. The monoisotopic (exact) mass is 308 g/mol. The van der Waals surface area contributed by atoms with Crippen LogP contribution in [0.3, 0.4) is 0 Å². The molecule has 1 saturated heterocycles. The van der Waals surface area contributed by atoms with Gasteiger partial charge in [0, 0.05) is 26.1 Å². The average molecular weight is 308 g/mol. The highest BCUT2D eigenvalue weighted by Gasteiger charge is 2.28. The maximum atomic E-state index is 12.7. The van der Waals surface area contributed by atoms with E-state index >= 15 is 0 Å². The summed E-state index contributed by atoms with van der Waals surface area (Å²) >= 11 is 0. The lowest BCUT2D eigenvalue weighted by Crippen LogP contribution is -2.50. The topological polar surface area (TPSA) is 89.0 Å². The van der Waals surface area contributed by atoms with Crippen LogP contribution in [0, 0.1) is 0 Å². The summed E-state index contributed by atoms with van der Waals surface area (Å²) in [5.74, 6) is -0.550. The molecule has 0 unspecified atom stereocenters. The Morgan fingerprint density at radius 3 is 3.09 bits per heavy atom. The van der Waals surface area contributed by atoms with Crippen molar-refractivity contribution in [1.82, 2.24) is 9.88 Å². The van der Waals surface area contributed by atoms with Crippen molar-refractivity contribution in [1.29, 1.82) is 0 Å². The molecule has 1 aliphatic heterocycles. The molecule has 1 aromatic heterocycles. The van der Waals surface area contributed by atoms with Gasteiger partial charge in [-0.25, -0.2) is 0 Å². The van der Waals surface area contributed by atoms with Crippen molar-refractivity contribution in [3.63, 3.8) is 0 Å². The summed E-state index contributed by atoms with van der Waals surface area (Å²) in [6, 6.07) is 3.04. The van der Waals surface area contributed by atoms with Crippen LogP contribution in [0.15, 0.2) is 18.3 Å². The van der Waals surface area contributed by atoms with E-state index in [-0.39, 0.29) is 31.1 Å². The second kappa shape index (κ2) is 7.86. The van der Waals surface area contributed by atoms with Crippen LogP contribution in [-0.4, -0.2) is 65.9 Å². The van der Waals surface area contributed by atoms with Gasteiger partial charge in [-0.15, -0.1) is 0 Å². The molecule has 1 amide bonds. The highest BCUT2D eigenvalue weighted by Crippen LogP contribution is 2.15. The number of aromatic nitrogens is 1. The molecule has 0 spiro atoms. The van der Waals surface area contributed by atoms with Crippen LogP contribution < -0.4 is 0 Å². The lowest BCUT2D eigenvalue weighted by atomic mass is 10.1. The van der Waals surface area contributed by atoms with E-state index in [1.54, 1.807) is 23.2 Å². The number of amides is 1. The number of hydrogen-bond acceptors (Lipinski definition) is 6. The molecule has 0 saturated carbocycles. The molecule has 2 rings (SSSR count). The second-order valence-corrected chi connectivity index (χ2v) is 5.00. The minimum absolute atomic E-state index is 0.144. The van der Waals surface area contributed by atoms with Gasteiger partial charge in [-0.2, -0.15) is 0 Å². The zero-order valence-corrected chi connectivity index (χ0v) is 12.5. The van der Waals surface area contributed by atoms with E-state index in [4.69, 9.17) is 9.47 Å². The fraction of sp³-hybridized carbons (Fsp3) is 0.533. The summed E-state index contributed by atoms with van der Waals surface area (Å²) in [5, 5.41) is 9.38. The van der Waals surface area contributed by atoms with Crippen molar-refractivity contribution >= 4 is 11.9 Å². The standard InChI is InChI=1S/C15H20N2O5/c1-11(19)22-7-4-14-13(3-2-5-16-14)15(20)17-6-8-21-10-12(17)9-18/h2-3,5,12,18H,4,6-10H2,1H3/t12-/m1/s1. The number of rotatable bonds is 5. The molecule has 22 heavy (non-hydrogen) atoms. The van der Waals surface area contributed by atoms with Gasteiger partial charge in [-0.05, 0) is 12.1 Å². The third kappa shape index (κ3) is 4.02. The Labute approximate surface area is 128 Å². The molecule has 120 valence electrons. The third-order valence-corrected chi connectivity index (χ3v) is 3.46. The minimum Gasteiger partial charge on any atom is -0.465 e. The van der Waals surface area contributed by atoms with Gasteiger partial charge >= 0.3 is 5.97 Å². The van der Waals surface area contributed by atoms with E-state index < -0.39 is 0 Å². The molecule has 2 heterocycles. The van der Waals surface area contributed by atoms with Crippen molar-refractivity contribution in [2.45, 2.75) is 19.4 Å². The van der Waals surface area contributed by atoms with Gasteiger partial charge in [-0.1, -0.05) is 0 Å². The van der Waals surface area contributed by atoms with Crippen LogP contribution in [-0.2, 0) is 20.7 Å². The van der Waals surface area contributed by atoms with E-state index in [9.17, 15) is 14.7 Å². The lowest BCUT2D eigenvalue weighted by molar-refractivity contribution is -0.140. The predicted molar refractivity (Wildman–Crippen MR) is 77.3 cm³/mol. The van der Waals surface area contributed by atoms with Gasteiger partial charge in [0.2, 0.25) is 0 Å². The highest BCUT2D eigenvalue weighted by molar-refractivity contribution is 5.95. The summed E-state index contributed by atoms with van der Waals surface area (Å²) in [6.45, 7) is 2.58. The Morgan fingerprint density at radius 2 is 2.36 bits per heavy atom. The summed E-state index contributed by atoms with van der Waals surface area (Å²) in [5.41, 5.74) is 1.05. The van der Waals surface area contributed by atoms with Gasteiger partial charge < -0.3 is 19.5 Å². The molecule has 0 aliphatic carbocycles. The number of esters is 1. The molecule has 7 nitrogen and oxygen atoms in total. The predicted octanol–water partition coefficient (Wildman–Crippen LogP) is 0.0205. The SMILES string of the molecule is CC(=O)OCCc1ncccc1C(=O)N1CCOC[C@H]1CO. The Hall–Kier alpha value is -1.99. The van der Waals surface area contributed by atoms with Crippen LogP contribution >= 0.6 is 0 Å². The molecule has 1 aliphatic rings. The maximum absolute atomic E-state index is 12.7. The minimum atomic E-state index is -0.364. The molecule has 7 heteroatoms. The maximum Gasteiger partial charge on any atom is 0.302 e. The number of hydrogen-bond donors (Lipinski definition) is 1. The smallest absolute Gasteiger partial charge is 0.302 e. The summed E-state index contributed by atoms with van der Waals surface area (Å²) in [6.07, 6.45) is 1.97. The molecular weight excluding hydrogens is 288 g/mol. The molecular formula is C15H20N2O5. The van der Waals surface area contributed by atoms with Crippen LogP contribution in [0.4, 0.5) is 0 Å². The van der Waals surface area contributed by atoms with Crippen molar-refractivity contribution in [3.8, 4) is 0 Å². The first-order valence-corrected chi connectivity index (χ1v) is 7.20. The van der Waals surface area contributed by atoms with Gasteiger partial charge in [0.25, 0.3) is 5.91 Å². The van der Waals surface area contributed by atoms with E-state index in [0.717, 1.165) is 0 Å². The lowest BCUT2D eigenvalue weighted by Gasteiger charge is -2.34. The van der Waals surface area contributed by atoms with Crippen molar-refractivity contribution in [3.05, 3.63) is 29.6 Å². The summed E-state index contributed by atoms with van der Waals surface area (Å²) in [4.78, 5) is 29.3. The first-order chi connectivity index (χ1) is 10.6. The molecule has 0 aromatic carbocycles. The summed E-state index contributed by atoms with van der Waals surface area (Å²) in [7, 11) is 0. The number of carbonyl (C=O) groups is 2. The van der Waals surface area contributed by atoms with Crippen molar-refractivity contribution in [2.24, 2.45) is 0 Å². The first kappa shape index (κ1) is 16.4. The third-order valence-electron chi connectivity index (χ3n) is 3.46. The number of ether oxygens (including phenoxy) is 2. The van der Waals surface area contributed by atoms with E-state index in [0.29, 0.717) is 37.4 Å². The first-order valence-electron chi connectivity index (χ1n) is 7.20. The van der Waals surface area contributed by atoms with Crippen molar-refractivity contribution in [2.75, 3.05) is 33.0 Å². The molecule has 1 atom stereocenters. The van der Waals surface area contributed by atoms with Crippen LogP contribution in [0.2, 0.25) is 0 Å². The number of aliphatic hydroxyl groups excluding tert-OH is 1.